The lowest BCUT2D eigenvalue weighted by atomic mass is 10.1. The van der Waals surface area contributed by atoms with Crippen LogP contribution in [0.15, 0.2) is 83.8 Å². The molecule has 0 saturated heterocycles. The van der Waals surface area contributed by atoms with Gasteiger partial charge in [0.15, 0.2) is 0 Å². The van der Waals surface area contributed by atoms with Gasteiger partial charge in [-0.25, -0.2) is 19.9 Å². The van der Waals surface area contributed by atoms with Gasteiger partial charge in [-0.2, -0.15) is 5.10 Å². The van der Waals surface area contributed by atoms with Gasteiger partial charge in [0.2, 0.25) is 23.7 Å². The van der Waals surface area contributed by atoms with Crippen molar-refractivity contribution in [1.82, 2.24) is 38.9 Å². The minimum Gasteiger partial charge on any atom is -0.494 e. The van der Waals surface area contributed by atoms with Gasteiger partial charge in [0.25, 0.3) is 11.8 Å². The van der Waals surface area contributed by atoms with Crippen LogP contribution in [-0.4, -0.2) is 93.4 Å². The highest BCUT2D eigenvalue weighted by molar-refractivity contribution is 6.47. The summed E-state index contributed by atoms with van der Waals surface area (Å²) in [6.07, 6.45) is 10.9. The van der Waals surface area contributed by atoms with Gasteiger partial charge in [-0.1, -0.05) is 24.3 Å². The number of nitro groups is 1. The van der Waals surface area contributed by atoms with Crippen LogP contribution in [0, 0.1) is 17.0 Å². The summed E-state index contributed by atoms with van der Waals surface area (Å²) in [5, 5.41) is 21.1. The molecule has 2 aromatic carbocycles. The van der Waals surface area contributed by atoms with Gasteiger partial charge in [0, 0.05) is 49.4 Å². The SMILES string of the molecule is CCN=C(/C=C(/C)N)C(=O)Nc1nc2cc(C(N)=O)cc(OC/C=C/Cc3ncc([N+](=O)[O-])cn3)c2n1C/C=C/Cn1c(NC(=O)c2cc(C)nn2CC)nc2cc(C(N)=O)cc(OC)c21. The van der Waals surface area contributed by atoms with Crippen LogP contribution in [-0.2, 0) is 30.8 Å². The van der Waals surface area contributed by atoms with Crippen LogP contribution >= 0.6 is 0 Å². The number of hydrogen-bond acceptors (Lipinski definition) is 15. The number of ether oxygens (including phenoxy) is 2. The Morgan fingerprint density at radius 3 is 1.98 bits per heavy atom. The first-order valence-corrected chi connectivity index (χ1v) is 20.4. The van der Waals surface area contributed by atoms with Crippen molar-refractivity contribution in [3.63, 3.8) is 0 Å². The number of nitrogens with two attached hydrogens (primary N) is 3. The van der Waals surface area contributed by atoms with E-state index in [0.29, 0.717) is 46.0 Å². The number of imidazole rings is 2. The van der Waals surface area contributed by atoms with Crippen molar-refractivity contribution in [1.29, 1.82) is 0 Å². The Morgan fingerprint density at radius 1 is 0.848 bits per heavy atom. The normalized spacial score (nSPS) is 12.1. The number of methoxy groups -OCH3 is 1. The molecule has 23 nitrogen and oxygen atoms in total. The van der Waals surface area contributed by atoms with Crippen LogP contribution in [0.4, 0.5) is 17.6 Å². The Morgan fingerprint density at radius 2 is 1.44 bits per heavy atom. The summed E-state index contributed by atoms with van der Waals surface area (Å²) >= 11 is 0. The van der Waals surface area contributed by atoms with E-state index in [1.165, 1.54) is 37.5 Å². The highest BCUT2D eigenvalue weighted by atomic mass is 16.6. The monoisotopic (exact) mass is 901 g/mol. The fraction of sp³-hybridized carbons (Fsp3) is 0.256. The van der Waals surface area contributed by atoms with Gasteiger partial charge in [0.1, 0.15) is 58.8 Å². The van der Waals surface area contributed by atoms with Crippen molar-refractivity contribution < 1.29 is 33.6 Å². The number of aryl methyl sites for hydroxylation is 2. The Balaban J connectivity index is 1.38. The molecular weight excluding hydrogens is 855 g/mol. The number of benzene rings is 2. The maximum atomic E-state index is 13.7. The lowest BCUT2D eigenvalue weighted by Crippen LogP contribution is -2.24. The summed E-state index contributed by atoms with van der Waals surface area (Å²) in [5.74, 6) is -1.52. The Labute approximate surface area is 376 Å². The fourth-order valence-corrected chi connectivity index (χ4v) is 6.73. The van der Waals surface area contributed by atoms with E-state index in [4.69, 9.17) is 26.7 Å². The first-order valence-electron chi connectivity index (χ1n) is 20.4. The number of anilines is 2. The number of carbonyl (C=O) groups is 4. The van der Waals surface area contributed by atoms with Crippen LogP contribution in [0.2, 0.25) is 0 Å². The Hall–Kier alpha value is -8.76. The van der Waals surface area contributed by atoms with Gasteiger partial charge in [0.05, 0.1) is 28.8 Å². The van der Waals surface area contributed by atoms with Crippen molar-refractivity contribution in [2.24, 2.45) is 22.2 Å². The van der Waals surface area contributed by atoms with Gasteiger partial charge < -0.3 is 35.8 Å². The molecule has 66 heavy (non-hydrogen) atoms. The van der Waals surface area contributed by atoms with Crippen molar-refractivity contribution in [2.75, 3.05) is 30.9 Å². The average Bonchev–Trinajstić information content (AvgIpc) is 3.95. The molecule has 0 aliphatic rings. The molecular formula is C43H47N15O8. The highest BCUT2D eigenvalue weighted by Crippen LogP contribution is 2.33. The lowest BCUT2D eigenvalue weighted by Gasteiger charge is -2.13. The van der Waals surface area contributed by atoms with Gasteiger partial charge >= 0.3 is 5.69 Å². The van der Waals surface area contributed by atoms with E-state index in [9.17, 15) is 29.3 Å². The summed E-state index contributed by atoms with van der Waals surface area (Å²) in [6.45, 7) is 7.91. The molecule has 4 amide bonds. The van der Waals surface area contributed by atoms with E-state index in [1.807, 2.05) is 6.92 Å². The number of hydrogen-bond donors (Lipinski definition) is 5. The van der Waals surface area contributed by atoms with E-state index in [0.717, 1.165) is 12.4 Å². The molecule has 4 heterocycles. The minimum absolute atomic E-state index is 0.0129. The molecule has 0 bridgehead atoms. The van der Waals surface area contributed by atoms with E-state index in [-0.39, 0.29) is 84.1 Å². The molecule has 0 unspecified atom stereocenters. The van der Waals surface area contributed by atoms with Crippen LogP contribution < -0.4 is 37.3 Å². The summed E-state index contributed by atoms with van der Waals surface area (Å²) in [7, 11) is 1.43. The van der Waals surface area contributed by atoms with Gasteiger partial charge in [-0.15, -0.1) is 0 Å². The number of carbonyl (C=O) groups excluding carboxylic acids is 4. The second kappa shape index (κ2) is 20.6. The molecule has 0 fully saturated rings. The zero-order chi connectivity index (χ0) is 47.7. The summed E-state index contributed by atoms with van der Waals surface area (Å²) < 4.78 is 16.8. The third kappa shape index (κ3) is 10.7. The molecule has 342 valence electrons. The standard InChI is InChI=1S/C43H47N15O8/c1-6-47-31(16-24(3)44)40(61)52-42-51-30-19-27(39(46)60)21-34(66-15-11-8-12-35-48-22-28(23-49-35)58(63)64)37(30)56(42)14-10-9-13-55-36-29(18-26(38(45)59)20-33(36)65-5)50-43(55)53-41(62)32-17-25(4)54-57(32)7-2/h8-11,16-23H,6-7,12-15,44H2,1-5H3,(H2,45,59)(H2,46,60)(H,50,53,62)(H,51,52,61)/b10-9+,11-8+,24-16-,47-31?. The molecule has 0 aliphatic carbocycles. The van der Waals surface area contributed by atoms with Gasteiger partial charge in [-0.05, 0) is 64.1 Å². The van der Waals surface area contributed by atoms with Crippen LogP contribution in [0.25, 0.3) is 22.1 Å². The summed E-state index contributed by atoms with van der Waals surface area (Å²) in [4.78, 5) is 84.2. The van der Waals surface area contributed by atoms with E-state index in [1.54, 1.807) is 65.0 Å². The number of allylic oxidation sites excluding steroid dienone is 4. The Bertz CT molecular complexity index is 2970. The third-order valence-corrected chi connectivity index (χ3v) is 9.66. The predicted octanol–water partition coefficient (Wildman–Crippen LogP) is 3.76. The Kier molecular flexibility index (Phi) is 14.6. The summed E-state index contributed by atoms with van der Waals surface area (Å²) in [5.41, 5.74) is 20.0. The first-order chi connectivity index (χ1) is 31.6. The number of primary amides is 2. The van der Waals surface area contributed by atoms with Crippen LogP contribution in [0.5, 0.6) is 11.5 Å². The van der Waals surface area contributed by atoms with E-state index in [2.05, 4.69) is 40.7 Å². The largest absolute Gasteiger partial charge is 0.494 e. The number of nitrogens with zero attached hydrogens (tertiary/aromatic N) is 10. The van der Waals surface area contributed by atoms with E-state index < -0.39 is 28.6 Å². The van der Waals surface area contributed by atoms with Crippen molar-refractivity contribution in [2.45, 2.75) is 53.8 Å². The second-order valence-electron chi connectivity index (χ2n) is 14.4. The fourth-order valence-electron chi connectivity index (χ4n) is 6.73. The molecule has 0 spiro atoms. The number of aliphatic imine (C=N–C) groups is 1. The number of aromatic nitrogens is 8. The molecule has 6 rings (SSSR count). The number of nitrogens with one attached hydrogen (secondary N) is 2. The summed E-state index contributed by atoms with van der Waals surface area (Å²) in [6, 6.07) is 7.57. The zero-order valence-corrected chi connectivity index (χ0v) is 36.6. The quantitative estimate of drug-likeness (QED) is 0.0315. The second-order valence-corrected chi connectivity index (χ2v) is 14.4. The van der Waals surface area contributed by atoms with Crippen molar-refractivity contribution >= 4 is 69.0 Å². The maximum absolute atomic E-state index is 13.7. The van der Waals surface area contributed by atoms with E-state index >= 15 is 0 Å². The van der Waals surface area contributed by atoms with Crippen molar-refractivity contribution in [3.8, 4) is 11.5 Å². The number of amides is 4. The van der Waals surface area contributed by atoms with Crippen molar-refractivity contribution in [3.05, 3.63) is 117 Å². The molecule has 4 aromatic heterocycles. The van der Waals surface area contributed by atoms with Gasteiger partial charge in [-0.3, -0.25) is 49.6 Å². The minimum atomic E-state index is -0.753. The predicted molar refractivity (Wildman–Crippen MR) is 244 cm³/mol. The molecule has 0 atom stereocenters. The third-order valence-electron chi connectivity index (χ3n) is 9.66. The zero-order valence-electron chi connectivity index (χ0n) is 36.6. The molecule has 0 radical (unpaired) electrons. The highest BCUT2D eigenvalue weighted by Gasteiger charge is 2.23. The molecule has 6 aromatic rings. The molecule has 8 N–H and O–H groups in total. The average molecular weight is 902 g/mol. The smallest absolute Gasteiger partial charge is 0.305 e. The first kappa shape index (κ1) is 46.7. The van der Waals surface area contributed by atoms with Crippen LogP contribution in [0.3, 0.4) is 0 Å². The molecule has 0 saturated carbocycles. The number of rotatable bonds is 20. The lowest BCUT2D eigenvalue weighted by molar-refractivity contribution is -0.385. The maximum Gasteiger partial charge on any atom is 0.305 e. The van der Waals surface area contributed by atoms with Crippen LogP contribution in [0.1, 0.15) is 63.5 Å². The number of fused-ring (bicyclic) bond motifs is 2. The molecule has 23 heteroatoms. The topological polar surface area (TPSA) is 324 Å². The molecule has 0 aliphatic heterocycles.